The van der Waals surface area contributed by atoms with Gasteiger partial charge in [-0.25, -0.2) is 0 Å². The third-order valence-electron chi connectivity index (χ3n) is 4.30. The molecular weight excluding hydrogens is 354 g/mol. The summed E-state index contributed by atoms with van der Waals surface area (Å²) in [5.74, 6) is 3.54. The Hall–Kier alpha value is -2.10. The molecular formula is C15H10O7P2. The smallest absolute Gasteiger partial charge is 0.504 e. The first-order valence-electron chi connectivity index (χ1n) is 7.40. The molecule has 9 heteroatoms. The van der Waals surface area contributed by atoms with Gasteiger partial charge in [0.25, 0.3) is 0 Å². The van der Waals surface area contributed by atoms with Gasteiger partial charge >= 0.3 is 17.2 Å². The van der Waals surface area contributed by atoms with E-state index < -0.39 is 17.2 Å². The van der Waals surface area contributed by atoms with Gasteiger partial charge in [-0.2, -0.15) is 0 Å². The summed E-state index contributed by atoms with van der Waals surface area (Å²) in [5.41, 5.74) is 2.01. The summed E-state index contributed by atoms with van der Waals surface area (Å²) in [6.45, 7) is 4.03. The minimum atomic E-state index is -1.54. The molecule has 2 unspecified atom stereocenters. The number of hydrogen-bond donors (Lipinski definition) is 1. The van der Waals surface area contributed by atoms with Crippen LogP contribution in [-0.2, 0) is 0 Å². The molecule has 4 aliphatic heterocycles. The lowest BCUT2D eigenvalue weighted by molar-refractivity contribution is 0.391. The maximum atomic E-state index is 10.9. The van der Waals surface area contributed by atoms with Gasteiger partial charge in [-0.1, -0.05) is 13.8 Å². The zero-order valence-corrected chi connectivity index (χ0v) is 14.3. The van der Waals surface area contributed by atoms with Crippen LogP contribution in [0.3, 0.4) is 0 Å². The third-order valence-corrected chi connectivity index (χ3v) is 6.30. The Balaban J connectivity index is 1.67. The summed E-state index contributed by atoms with van der Waals surface area (Å²) < 4.78 is 34.0. The molecule has 7 nitrogen and oxygen atoms in total. The molecule has 4 aliphatic rings. The van der Waals surface area contributed by atoms with E-state index >= 15 is 0 Å². The Labute approximate surface area is 139 Å². The standard InChI is InChI=1S/C15H10O7P2/c1-5(2)8-13-10(16)9(15-14(8)21-24(20-13)22-15)6-3-4-7-12-11(6)18-23(17-7)19-12/h3-5,16H,1-2H3. The second-order valence-electron chi connectivity index (χ2n) is 6.04. The van der Waals surface area contributed by atoms with E-state index in [0.29, 0.717) is 45.6 Å². The summed E-state index contributed by atoms with van der Waals surface area (Å²) in [5, 5.41) is 10.9. The van der Waals surface area contributed by atoms with Crippen molar-refractivity contribution in [2.45, 2.75) is 19.8 Å². The summed E-state index contributed by atoms with van der Waals surface area (Å²) in [7, 11) is -2.95. The highest BCUT2D eigenvalue weighted by atomic mass is 31.2. The molecule has 2 atom stereocenters. The van der Waals surface area contributed by atoms with Crippen LogP contribution in [0.15, 0.2) is 12.1 Å². The first-order chi connectivity index (χ1) is 11.6. The quantitative estimate of drug-likeness (QED) is 0.755. The van der Waals surface area contributed by atoms with Gasteiger partial charge in [0, 0.05) is 11.1 Å². The molecule has 24 heavy (non-hydrogen) atoms. The van der Waals surface area contributed by atoms with Crippen molar-refractivity contribution in [2.24, 2.45) is 0 Å². The van der Waals surface area contributed by atoms with E-state index in [1.165, 1.54) is 0 Å². The minimum Gasteiger partial charge on any atom is -0.504 e. The molecule has 1 N–H and O–H groups in total. The Morgan fingerprint density at radius 2 is 1.46 bits per heavy atom. The van der Waals surface area contributed by atoms with E-state index in [2.05, 4.69) is 0 Å². The van der Waals surface area contributed by atoms with Crippen LogP contribution in [0.25, 0.3) is 11.1 Å². The maximum absolute atomic E-state index is 10.9. The fraction of sp³-hybridized carbons (Fsp3) is 0.200. The summed E-state index contributed by atoms with van der Waals surface area (Å²) in [6, 6.07) is 3.62. The molecule has 122 valence electrons. The summed E-state index contributed by atoms with van der Waals surface area (Å²) in [4.78, 5) is 0. The molecule has 5 bridgehead atoms. The summed E-state index contributed by atoms with van der Waals surface area (Å²) in [6.07, 6.45) is 0. The van der Waals surface area contributed by atoms with Crippen LogP contribution in [0.4, 0.5) is 0 Å². The van der Waals surface area contributed by atoms with Crippen molar-refractivity contribution in [3.05, 3.63) is 17.7 Å². The highest BCUT2D eigenvalue weighted by Crippen LogP contribution is 2.72. The molecule has 6 rings (SSSR count). The van der Waals surface area contributed by atoms with E-state index in [0.717, 1.165) is 5.56 Å². The first kappa shape index (κ1) is 13.2. The van der Waals surface area contributed by atoms with Crippen LogP contribution < -0.4 is 27.1 Å². The molecule has 2 aromatic rings. The van der Waals surface area contributed by atoms with E-state index in [-0.39, 0.29) is 11.7 Å². The van der Waals surface area contributed by atoms with Crippen LogP contribution in [0.2, 0.25) is 0 Å². The Morgan fingerprint density at radius 1 is 0.792 bits per heavy atom. The van der Waals surface area contributed by atoms with Crippen molar-refractivity contribution in [3.63, 3.8) is 0 Å². The normalized spacial score (nSPS) is 22.6. The second kappa shape index (κ2) is 4.11. The number of hydrogen-bond acceptors (Lipinski definition) is 7. The largest absolute Gasteiger partial charge is 0.530 e. The lowest BCUT2D eigenvalue weighted by atomic mass is 9.93. The lowest BCUT2D eigenvalue weighted by Crippen LogP contribution is -2.04. The predicted molar refractivity (Wildman–Crippen MR) is 85.2 cm³/mol. The molecule has 0 amide bonds. The molecule has 2 aromatic carbocycles. The van der Waals surface area contributed by atoms with Crippen molar-refractivity contribution < 1.29 is 32.2 Å². The number of rotatable bonds is 2. The van der Waals surface area contributed by atoms with Crippen molar-refractivity contribution in [2.75, 3.05) is 0 Å². The Morgan fingerprint density at radius 3 is 2.25 bits per heavy atom. The van der Waals surface area contributed by atoms with Crippen molar-refractivity contribution in [3.8, 4) is 51.4 Å². The highest BCUT2D eigenvalue weighted by Gasteiger charge is 2.48. The number of phenols is 1. The van der Waals surface area contributed by atoms with E-state index in [1.807, 2.05) is 19.9 Å². The molecule has 0 spiro atoms. The molecule has 0 fully saturated rings. The van der Waals surface area contributed by atoms with Gasteiger partial charge in [0.15, 0.2) is 34.5 Å². The van der Waals surface area contributed by atoms with Crippen LogP contribution in [0.5, 0.6) is 40.2 Å². The van der Waals surface area contributed by atoms with E-state index in [1.54, 1.807) is 6.07 Å². The van der Waals surface area contributed by atoms with Crippen LogP contribution in [0, 0.1) is 0 Å². The van der Waals surface area contributed by atoms with Crippen molar-refractivity contribution in [1.29, 1.82) is 0 Å². The van der Waals surface area contributed by atoms with Gasteiger partial charge in [0.05, 0.1) is 5.56 Å². The molecule has 0 saturated heterocycles. The highest BCUT2D eigenvalue weighted by molar-refractivity contribution is 7.44. The Kier molecular flexibility index (Phi) is 2.26. The number of aromatic hydroxyl groups is 1. The molecule has 4 heterocycles. The Bertz CT molecular complexity index is 939. The average molecular weight is 364 g/mol. The fourth-order valence-electron chi connectivity index (χ4n) is 3.29. The monoisotopic (exact) mass is 364 g/mol. The van der Waals surface area contributed by atoms with Crippen molar-refractivity contribution >= 4 is 17.2 Å². The minimum absolute atomic E-state index is 0.0435. The second-order valence-corrected chi connectivity index (χ2v) is 8.03. The third kappa shape index (κ3) is 1.41. The molecule has 0 aliphatic carbocycles. The van der Waals surface area contributed by atoms with Crippen LogP contribution in [-0.4, -0.2) is 5.11 Å². The fourth-order valence-corrected chi connectivity index (χ4v) is 5.45. The van der Waals surface area contributed by atoms with Gasteiger partial charge in [-0.05, 0) is 18.1 Å². The van der Waals surface area contributed by atoms with E-state index in [9.17, 15) is 5.11 Å². The van der Waals surface area contributed by atoms with Gasteiger partial charge in [0.1, 0.15) is 0 Å². The molecule has 0 saturated carbocycles. The summed E-state index contributed by atoms with van der Waals surface area (Å²) >= 11 is 0. The van der Waals surface area contributed by atoms with Crippen LogP contribution >= 0.6 is 17.2 Å². The van der Waals surface area contributed by atoms with Crippen LogP contribution in [0.1, 0.15) is 25.3 Å². The van der Waals surface area contributed by atoms with Gasteiger partial charge < -0.3 is 32.2 Å². The number of fused-ring (bicyclic) bond motifs is 3. The van der Waals surface area contributed by atoms with Gasteiger partial charge in [-0.15, -0.1) is 0 Å². The molecule has 0 aromatic heterocycles. The van der Waals surface area contributed by atoms with E-state index in [4.69, 9.17) is 27.1 Å². The topological polar surface area (TPSA) is 75.6 Å². The maximum Gasteiger partial charge on any atom is 0.530 e. The average Bonchev–Trinajstić information content (AvgIpc) is 3.20. The van der Waals surface area contributed by atoms with Gasteiger partial charge in [0.2, 0.25) is 5.75 Å². The lowest BCUT2D eigenvalue weighted by Gasteiger charge is -2.22. The van der Waals surface area contributed by atoms with Crippen molar-refractivity contribution in [1.82, 2.24) is 0 Å². The molecule has 0 radical (unpaired) electrons. The zero-order chi connectivity index (χ0) is 16.2. The SMILES string of the molecule is CC(C)c1c2c(O)c(-c3ccc4c5c3OP(O4)O5)c3c1OP(O3)O2. The first-order valence-corrected chi connectivity index (χ1v) is 9.59. The van der Waals surface area contributed by atoms with Gasteiger partial charge in [-0.3, -0.25) is 0 Å². The number of phenolic OH excluding ortho intramolecular Hbond substituents is 1. The number of benzene rings is 2. The predicted octanol–water partition coefficient (Wildman–Crippen LogP) is 4.96. The zero-order valence-electron chi connectivity index (χ0n) is 12.5.